The van der Waals surface area contributed by atoms with Crippen molar-refractivity contribution in [1.82, 2.24) is 19.6 Å². The standard InChI is InChI=1S/C22H32N4O2/c1-15-5-8-20(25(13-15)21(27)28)16-6-7-17-14-26(23-19(17)11-16)18-9-10-24(4)22(2,3)12-18/h6-7,11,14-15,18,20H,5,8-10,12-13H2,1-4H3,(H,27,28)/t15?,18-,20?/m1/s1. The number of carbonyl (C=O) groups is 1. The molecule has 6 heteroatoms. The lowest BCUT2D eigenvalue weighted by atomic mass is 9.87. The first-order valence-electron chi connectivity index (χ1n) is 10.4. The highest BCUT2D eigenvalue weighted by Gasteiger charge is 2.34. The minimum atomic E-state index is -0.823. The molecule has 1 N–H and O–H groups in total. The molecule has 0 bridgehead atoms. The van der Waals surface area contributed by atoms with Gasteiger partial charge in [-0.25, -0.2) is 4.79 Å². The van der Waals surface area contributed by atoms with Crippen molar-refractivity contribution < 1.29 is 9.90 Å². The summed E-state index contributed by atoms with van der Waals surface area (Å²) in [6, 6.07) is 6.64. The van der Waals surface area contributed by atoms with E-state index < -0.39 is 6.09 Å². The smallest absolute Gasteiger partial charge is 0.407 e. The average molecular weight is 385 g/mol. The predicted octanol–water partition coefficient (Wildman–Crippen LogP) is 4.53. The van der Waals surface area contributed by atoms with Gasteiger partial charge >= 0.3 is 6.09 Å². The maximum absolute atomic E-state index is 11.7. The molecule has 0 aliphatic carbocycles. The summed E-state index contributed by atoms with van der Waals surface area (Å²) < 4.78 is 2.14. The normalized spacial score (nSPS) is 28.6. The summed E-state index contributed by atoms with van der Waals surface area (Å²) in [5, 5.41) is 15.7. The van der Waals surface area contributed by atoms with Gasteiger partial charge < -0.3 is 14.9 Å². The van der Waals surface area contributed by atoms with Crippen LogP contribution in [-0.2, 0) is 0 Å². The van der Waals surface area contributed by atoms with Crippen molar-refractivity contribution in [2.75, 3.05) is 20.1 Å². The highest BCUT2D eigenvalue weighted by Crippen LogP contribution is 2.36. The monoisotopic (exact) mass is 384 g/mol. The molecule has 2 aromatic rings. The highest BCUT2D eigenvalue weighted by molar-refractivity contribution is 5.79. The topological polar surface area (TPSA) is 61.6 Å². The number of carboxylic acid groups (broad SMARTS) is 1. The Kier molecular flexibility index (Phi) is 4.86. The molecule has 2 unspecified atom stereocenters. The second-order valence-corrected chi connectivity index (χ2v) is 9.44. The first-order valence-corrected chi connectivity index (χ1v) is 10.4. The van der Waals surface area contributed by atoms with Crippen LogP contribution in [0.3, 0.4) is 0 Å². The average Bonchev–Trinajstić information content (AvgIpc) is 3.07. The number of piperidine rings is 2. The molecule has 2 aliphatic rings. The zero-order valence-electron chi connectivity index (χ0n) is 17.4. The van der Waals surface area contributed by atoms with E-state index in [1.54, 1.807) is 4.90 Å². The summed E-state index contributed by atoms with van der Waals surface area (Å²) in [5.74, 6) is 0.420. The molecule has 28 heavy (non-hydrogen) atoms. The Bertz CT molecular complexity index is 875. The number of aromatic nitrogens is 2. The number of amides is 1. The Hall–Kier alpha value is -2.08. The Morgan fingerprint density at radius 2 is 2.04 bits per heavy atom. The maximum Gasteiger partial charge on any atom is 0.407 e. The molecule has 2 aliphatic heterocycles. The van der Waals surface area contributed by atoms with Gasteiger partial charge in [-0.15, -0.1) is 0 Å². The van der Waals surface area contributed by atoms with Gasteiger partial charge in [-0.05, 0) is 64.1 Å². The molecule has 0 saturated carbocycles. The Balaban J connectivity index is 1.61. The molecule has 1 amide bonds. The molecule has 152 valence electrons. The predicted molar refractivity (Wildman–Crippen MR) is 111 cm³/mol. The minimum absolute atomic E-state index is 0.0643. The third-order valence-electron chi connectivity index (χ3n) is 6.94. The summed E-state index contributed by atoms with van der Waals surface area (Å²) >= 11 is 0. The summed E-state index contributed by atoms with van der Waals surface area (Å²) in [5.41, 5.74) is 2.21. The molecule has 2 saturated heterocycles. The van der Waals surface area contributed by atoms with Crippen molar-refractivity contribution in [3.05, 3.63) is 30.0 Å². The van der Waals surface area contributed by atoms with Gasteiger partial charge in [0, 0.05) is 30.2 Å². The van der Waals surface area contributed by atoms with E-state index in [0.717, 1.165) is 48.7 Å². The number of nitrogens with zero attached hydrogens (tertiary/aromatic N) is 4. The number of benzene rings is 1. The van der Waals surface area contributed by atoms with Crippen LogP contribution in [0, 0.1) is 5.92 Å². The van der Waals surface area contributed by atoms with Gasteiger partial charge in [0.25, 0.3) is 0 Å². The molecule has 3 atom stereocenters. The molecule has 2 fully saturated rings. The molecule has 0 radical (unpaired) electrons. The lowest BCUT2D eigenvalue weighted by Crippen LogP contribution is -2.47. The van der Waals surface area contributed by atoms with Crippen molar-refractivity contribution in [2.45, 2.75) is 64.1 Å². The van der Waals surface area contributed by atoms with Crippen molar-refractivity contribution in [2.24, 2.45) is 5.92 Å². The molecular weight excluding hydrogens is 352 g/mol. The van der Waals surface area contributed by atoms with E-state index in [1.807, 2.05) is 0 Å². The number of fused-ring (bicyclic) bond motifs is 1. The third kappa shape index (κ3) is 3.50. The Labute approximate surface area is 167 Å². The maximum atomic E-state index is 11.7. The van der Waals surface area contributed by atoms with Gasteiger partial charge in [-0.1, -0.05) is 19.1 Å². The zero-order chi connectivity index (χ0) is 20.1. The first-order chi connectivity index (χ1) is 13.2. The molecular formula is C22H32N4O2. The Morgan fingerprint density at radius 3 is 2.75 bits per heavy atom. The van der Waals surface area contributed by atoms with E-state index in [9.17, 15) is 9.90 Å². The summed E-state index contributed by atoms with van der Waals surface area (Å²) in [7, 11) is 2.20. The van der Waals surface area contributed by atoms with Gasteiger partial charge in [-0.2, -0.15) is 5.10 Å². The van der Waals surface area contributed by atoms with Gasteiger partial charge in [0.2, 0.25) is 0 Å². The van der Waals surface area contributed by atoms with Crippen molar-refractivity contribution >= 4 is 17.0 Å². The van der Waals surface area contributed by atoms with E-state index in [2.05, 4.69) is 61.8 Å². The molecule has 3 heterocycles. The third-order valence-corrected chi connectivity index (χ3v) is 6.94. The summed E-state index contributed by atoms with van der Waals surface area (Å²) in [6.07, 6.45) is 5.46. The summed E-state index contributed by atoms with van der Waals surface area (Å²) in [4.78, 5) is 15.8. The molecule has 6 nitrogen and oxygen atoms in total. The second-order valence-electron chi connectivity index (χ2n) is 9.44. The van der Waals surface area contributed by atoms with Gasteiger partial charge in [0.1, 0.15) is 0 Å². The highest BCUT2D eigenvalue weighted by atomic mass is 16.4. The lowest BCUT2D eigenvalue weighted by molar-refractivity contribution is 0.0721. The molecule has 0 spiro atoms. The number of likely N-dealkylation sites (tertiary alicyclic amines) is 2. The van der Waals surface area contributed by atoms with E-state index >= 15 is 0 Å². The van der Waals surface area contributed by atoms with E-state index in [4.69, 9.17) is 5.10 Å². The lowest BCUT2D eigenvalue weighted by Gasteiger charge is -2.43. The first kappa shape index (κ1) is 19.2. The SMILES string of the molecule is CC1CCC(c2ccc3cn([C@@H]4CCN(C)C(C)(C)C4)nc3c2)N(C(=O)O)C1. The van der Waals surface area contributed by atoms with E-state index in [1.165, 1.54) is 0 Å². The second kappa shape index (κ2) is 7.07. The van der Waals surface area contributed by atoms with Crippen molar-refractivity contribution in [3.8, 4) is 0 Å². The van der Waals surface area contributed by atoms with Crippen LogP contribution in [-0.4, -0.2) is 56.5 Å². The quantitative estimate of drug-likeness (QED) is 0.826. The molecule has 1 aromatic carbocycles. The fourth-order valence-corrected chi connectivity index (χ4v) is 4.86. The minimum Gasteiger partial charge on any atom is -0.465 e. The van der Waals surface area contributed by atoms with Gasteiger partial charge in [0.05, 0.1) is 17.6 Å². The van der Waals surface area contributed by atoms with Crippen LogP contribution >= 0.6 is 0 Å². The van der Waals surface area contributed by atoms with Crippen LogP contribution in [0.5, 0.6) is 0 Å². The zero-order valence-corrected chi connectivity index (χ0v) is 17.4. The summed E-state index contributed by atoms with van der Waals surface area (Å²) in [6.45, 7) is 8.40. The molecule has 1 aromatic heterocycles. The van der Waals surface area contributed by atoms with Crippen molar-refractivity contribution in [3.63, 3.8) is 0 Å². The van der Waals surface area contributed by atoms with Gasteiger partial charge in [0.15, 0.2) is 0 Å². The largest absolute Gasteiger partial charge is 0.465 e. The molecule has 4 rings (SSSR count). The fourth-order valence-electron chi connectivity index (χ4n) is 4.86. The van der Waals surface area contributed by atoms with Crippen LogP contribution in [0.4, 0.5) is 4.79 Å². The van der Waals surface area contributed by atoms with Crippen LogP contribution < -0.4 is 0 Å². The van der Waals surface area contributed by atoms with E-state index in [-0.39, 0.29) is 11.6 Å². The Morgan fingerprint density at radius 1 is 1.25 bits per heavy atom. The number of hydrogen-bond acceptors (Lipinski definition) is 3. The van der Waals surface area contributed by atoms with E-state index in [0.29, 0.717) is 18.5 Å². The fraction of sp³-hybridized carbons (Fsp3) is 0.636. The van der Waals surface area contributed by atoms with Crippen LogP contribution in [0.1, 0.15) is 64.1 Å². The van der Waals surface area contributed by atoms with Crippen LogP contribution in [0.15, 0.2) is 24.4 Å². The van der Waals surface area contributed by atoms with Crippen LogP contribution in [0.25, 0.3) is 10.9 Å². The van der Waals surface area contributed by atoms with Gasteiger partial charge in [-0.3, -0.25) is 4.68 Å². The number of rotatable bonds is 2. The van der Waals surface area contributed by atoms with Crippen LogP contribution in [0.2, 0.25) is 0 Å². The van der Waals surface area contributed by atoms with Crippen molar-refractivity contribution in [1.29, 1.82) is 0 Å². The number of hydrogen-bond donors (Lipinski definition) is 1.